The standard InChI is InChI=1S/C13H13F2N3O2S/c1-7-11(5-8(16)6-12(7)21(17,19)20)18-10-4-2-3-9(14)13(10)15/h2-6,18H,16H2,1H3,(H2,17,19,20). The van der Waals surface area contributed by atoms with E-state index < -0.39 is 21.7 Å². The molecule has 0 amide bonds. The molecule has 0 unspecified atom stereocenters. The van der Waals surface area contributed by atoms with Crippen LogP contribution in [-0.2, 0) is 10.0 Å². The average molecular weight is 313 g/mol. The quantitative estimate of drug-likeness (QED) is 0.757. The fourth-order valence-electron chi connectivity index (χ4n) is 1.88. The van der Waals surface area contributed by atoms with E-state index >= 15 is 0 Å². The third-order valence-electron chi connectivity index (χ3n) is 2.91. The van der Waals surface area contributed by atoms with Crippen LogP contribution in [0.2, 0.25) is 0 Å². The minimum Gasteiger partial charge on any atom is -0.399 e. The molecule has 0 radical (unpaired) electrons. The fourth-order valence-corrected chi connectivity index (χ4v) is 2.72. The van der Waals surface area contributed by atoms with E-state index in [2.05, 4.69) is 5.32 Å². The Morgan fingerprint density at radius 3 is 2.43 bits per heavy atom. The first-order chi connectivity index (χ1) is 9.70. The second kappa shape index (κ2) is 5.30. The van der Waals surface area contributed by atoms with Crippen LogP contribution in [0.3, 0.4) is 0 Å². The number of halogens is 2. The van der Waals surface area contributed by atoms with Gasteiger partial charge in [-0.3, -0.25) is 0 Å². The molecule has 0 spiro atoms. The van der Waals surface area contributed by atoms with Gasteiger partial charge in [-0.15, -0.1) is 0 Å². The molecule has 0 fully saturated rings. The molecule has 21 heavy (non-hydrogen) atoms. The van der Waals surface area contributed by atoms with Gasteiger partial charge in [0.25, 0.3) is 0 Å². The lowest BCUT2D eigenvalue weighted by atomic mass is 10.1. The number of anilines is 3. The van der Waals surface area contributed by atoms with E-state index in [-0.39, 0.29) is 27.5 Å². The molecule has 0 aromatic heterocycles. The van der Waals surface area contributed by atoms with E-state index in [0.29, 0.717) is 0 Å². The van der Waals surface area contributed by atoms with Gasteiger partial charge in [-0.2, -0.15) is 0 Å². The summed E-state index contributed by atoms with van der Waals surface area (Å²) < 4.78 is 49.8. The van der Waals surface area contributed by atoms with Crippen LogP contribution in [0, 0.1) is 18.6 Å². The number of sulfonamides is 1. The lowest BCUT2D eigenvalue weighted by Gasteiger charge is -2.14. The van der Waals surface area contributed by atoms with Crippen molar-refractivity contribution in [2.45, 2.75) is 11.8 Å². The van der Waals surface area contributed by atoms with Crippen molar-refractivity contribution in [3.8, 4) is 0 Å². The highest BCUT2D eigenvalue weighted by Gasteiger charge is 2.17. The van der Waals surface area contributed by atoms with E-state index in [1.54, 1.807) is 0 Å². The summed E-state index contributed by atoms with van der Waals surface area (Å²) in [6, 6.07) is 6.23. The molecule has 0 saturated heterocycles. The molecule has 5 nitrogen and oxygen atoms in total. The molecule has 5 N–H and O–H groups in total. The summed E-state index contributed by atoms with van der Waals surface area (Å²) in [5, 5.41) is 7.72. The maximum Gasteiger partial charge on any atom is 0.238 e. The van der Waals surface area contributed by atoms with E-state index in [1.807, 2.05) is 0 Å². The van der Waals surface area contributed by atoms with Crippen molar-refractivity contribution in [3.63, 3.8) is 0 Å². The third-order valence-corrected chi connectivity index (χ3v) is 3.95. The van der Waals surface area contributed by atoms with Gasteiger partial charge in [-0.05, 0) is 36.8 Å². The van der Waals surface area contributed by atoms with Crippen LogP contribution in [0.15, 0.2) is 35.2 Å². The minimum atomic E-state index is -3.98. The minimum absolute atomic E-state index is 0.129. The molecule has 2 rings (SSSR count). The number of benzene rings is 2. The summed E-state index contributed by atoms with van der Waals surface area (Å²) in [5.41, 5.74) is 6.10. The molecular weight excluding hydrogens is 300 g/mol. The molecule has 0 heterocycles. The number of nitrogens with two attached hydrogens (primary N) is 2. The maximum absolute atomic E-state index is 13.6. The fraction of sp³-hybridized carbons (Fsp3) is 0.0769. The molecule has 0 atom stereocenters. The number of nitrogen functional groups attached to an aromatic ring is 1. The number of rotatable bonds is 3. The first-order valence-corrected chi connectivity index (χ1v) is 7.38. The summed E-state index contributed by atoms with van der Waals surface area (Å²) in [6.07, 6.45) is 0. The lowest BCUT2D eigenvalue weighted by molar-refractivity contribution is 0.512. The van der Waals surface area contributed by atoms with Crippen LogP contribution in [0.25, 0.3) is 0 Å². The van der Waals surface area contributed by atoms with Crippen molar-refractivity contribution < 1.29 is 17.2 Å². The van der Waals surface area contributed by atoms with Gasteiger partial charge in [-0.25, -0.2) is 22.3 Å². The molecule has 0 saturated carbocycles. The summed E-state index contributed by atoms with van der Waals surface area (Å²) in [7, 11) is -3.98. The molecule has 0 aliphatic carbocycles. The second-order valence-electron chi connectivity index (χ2n) is 4.46. The van der Waals surface area contributed by atoms with Crippen molar-refractivity contribution in [1.29, 1.82) is 0 Å². The summed E-state index contributed by atoms with van der Waals surface area (Å²) in [5.74, 6) is -2.09. The Hall–Kier alpha value is -2.19. The SMILES string of the molecule is Cc1c(Nc2cccc(F)c2F)cc(N)cc1S(N)(=O)=O. The summed E-state index contributed by atoms with van der Waals surface area (Å²) in [6.45, 7) is 1.48. The molecular formula is C13H13F2N3O2S. The van der Waals surface area contributed by atoms with Crippen molar-refractivity contribution in [1.82, 2.24) is 0 Å². The molecule has 0 aliphatic heterocycles. The van der Waals surface area contributed by atoms with Gasteiger partial charge in [0, 0.05) is 11.4 Å². The Bertz CT molecular complexity index is 807. The summed E-state index contributed by atoms with van der Waals surface area (Å²) in [4.78, 5) is -0.179. The van der Waals surface area contributed by atoms with Crippen molar-refractivity contribution in [2.24, 2.45) is 5.14 Å². The zero-order valence-corrected chi connectivity index (χ0v) is 11.8. The second-order valence-corrected chi connectivity index (χ2v) is 5.99. The van der Waals surface area contributed by atoms with Gasteiger partial charge < -0.3 is 11.1 Å². The molecule has 0 bridgehead atoms. The zero-order chi connectivity index (χ0) is 15.8. The molecule has 2 aromatic carbocycles. The Kier molecular flexibility index (Phi) is 3.84. The monoisotopic (exact) mass is 313 g/mol. The highest BCUT2D eigenvalue weighted by Crippen LogP contribution is 2.30. The molecule has 2 aromatic rings. The third kappa shape index (κ3) is 3.11. The topological polar surface area (TPSA) is 98.2 Å². The Morgan fingerprint density at radius 1 is 1.14 bits per heavy atom. The van der Waals surface area contributed by atoms with E-state index in [9.17, 15) is 17.2 Å². The first kappa shape index (κ1) is 15.2. The van der Waals surface area contributed by atoms with E-state index in [1.165, 1.54) is 31.2 Å². The first-order valence-electron chi connectivity index (χ1n) is 5.84. The Morgan fingerprint density at radius 2 is 1.81 bits per heavy atom. The Balaban J connectivity index is 2.55. The van der Waals surface area contributed by atoms with E-state index in [4.69, 9.17) is 10.9 Å². The number of nitrogens with one attached hydrogen (secondary N) is 1. The van der Waals surface area contributed by atoms with Crippen LogP contribution >= 0.6 is 0 Å². The van der Waals surface area contributed by atoms with Crippen LogP contribution < -0.4 is 16.2 Å². The van der Waals surface area contributed by atoms with Crippen LogP contribution in [-0.4, -0.2) is 8.42 Å². The summed E-state index contributed by atoms with van der Waals surface area (Å²) >= 11 is 0. The number of hydrogen-bond acceptors (Lipinski definition) is 4. The van der Waals surface area contributed by atoms with Gasteiger partial charge in [0.15, 0.2) is 11.6 Å². The Labute approximate surface area is 120 Å². The number of primary sulfonamides is 1. The predicted molar refractivity (Wildman–Crippen MR) is 76.6 cm³/mol. The molecule has 8 heteroatoms. The average Bonchev–Trinajstić information content (AvgIpc) is 2.37. The van der Waals surface area contributed by atoms with Crippen molar-refractivity contribution in [2.75, 3.05) is 11.1 Å². The van der Waals surface area contributed by atoms with Crippen LogP contribution in [0.4, 0.5) is 25.8 Å². The zero-order valence-electron chi connectivity index (χ0n) is 11.0. The number of hydrogen-bond donors (Lipinski definition) is 3. The van der Waals surface area contributed by atoms with Gasteiger partial charge in [0.2, 0.25) is 10.0 Å². The van der Waals surface area contributed by atoms with Crippen molar-refractivity contribution in [3.05, 3.63) is 47.5 Å². The highest BCUT2D eigenvalue weighted by molar-refractivity contribution is 7.89. The normalized spacial score (nSPS) is 11.4. The van der Waals surface area contributed by atoms with Gasteiger partial charge in [0.05, 0.1) is 10.6 Å². The molecule has 112 valence electrons. The van der Waals surface area contributed by atoms with Gasteiger partial charge in [-0.1, -0.05) is 6.07 Å². The van der Waals surface area contributed by atoms with Gasteiger partial charge >= 0.3 is 0 Å². The van der Waals surface area contributed by atoms with Gasteiger partial charge in [0.1, 0.15) is 0 Å². The lowest BCUT2D eigenvalue weighted by Crippen LogP contribution is -2.15. The predicted octanol–water partition coefficient (Wildman–Crippen LogP) is 2.25. The maximum atomic E-state index is 13.6. The molecule has 0 aliphatic rings. The van der Waals surface area contributed by atoms with Crippen LogP contribution in [0.5, 0.6) is 0 Å². The van der Waals surface area contributed by atoms with Crippen LogP contribution in [0.1, 0.15) is 5.56 Å². The van der Waals surface area contributed by atoms with Crippen molar-refractivity contribution >= 4 is 27.1 Å². The van der Waals surface area contributed by atoms with E-state index in [0.717, 1.165) is 6.07 Å². The highest BCUT2D eigenvalue weighted by atomic mass is 32.2. The smallest absolute Gasteiger partial charge is 0.238 e. The largest absolute Gasteiger partial charge is 0.399 e.